The highest BCUT2D eigenvalue weighted by atomic mass is 35.5. The second-order valence-electron chi connectivity index (χ2n) is 9.16. The Bertz CT molecular complexity index is 1120. The van der Waals surface area contributed by atoms with Gasteiger partial charge in [-0.2, -0.15) is 0 Å². The zero-order chi connectivity index (χ0) is 24.2. The summed E-state index contributed by atoms with van der Waals surface area (Å²) < 4.78 is 8.39. The molecule has 2 aromatic carbocycles. The van der Waals surface area contributed by atoms with Gasteiger partial charge < -0.3 is 19.7 Å². The minimum atomic E-state index is -0.484. The molecule has 2 fully saturated rings. The number of aliphatic hydroxyl groups excluding tert-OH is 1. The standard InChI is InChI=1S/C26H29ClN2O3.C2H6/c1-16(30)28-14-22-12-21(31)13-25(32-22)29-15-20(26-23(27)3-2-4-24(26)29)11-17-5-7-18(8-6-17)19-9-10-19;1-2/h2-8,15,19,21-22,25,31H,9-14H2,1H3,(H,28,30);1-2H3. The average Bonchev–Trinajstić information content (AvgIpc) is 3.61. The number of hydrogen-bond donors (Lipinski definition) is 2. The van der Waals surface area contributed by atoms with Gasteiger partial charge in [0.05, 0.1) is 22.7 Å². The zero-order valence-corrected chi connectivity index (χ0v) is 21.0. The van der Waals surface area contributed by atoms with Crippen molar-refractivity contribution < 1.29 is 14.6 Å². The third-order valence-electron chi connectivity index (χ3n) is 6.56. The molecule has 3 atom stereocenters. The van der Waals surface area contributed by atoms with Gasteiger partial charge in [-0.25, -0.2) is 0 Å². The number of aliphatic hydroxyl groups is 1. The molecular formula is C28H35ClN2O3. The Balaban J connectivity index is 0.00000133. The van der Waals surface area contributed by atoms with Gasteiger partial charge >= 0.3 is 0 Å². The lowest BCUT2D eigenvalue weighted by molar-refractivity contribution is -0.132. The summed E-state index contributed by atoms with van der Waals surface area (Å²) in [5.41, 5.74) is 4.83. The van der Waals surface area contributed by atoms with Crippen LogP contribution in [0.15, 0.2) is 48.7 Å². The van der Waals surface area contributed by atoms with Crippen molar-refractivity contribution in [1.29, 1.82) is 0 Å². The topological polar surface area (TPSA) is 63.5 Å². The highest BCUT2D eigenvalue weighted by Crippen LogP contribution is 2.40. The van der Waals surface area contributed by atoms with Crippen molar-refractivity contribution in [3.63, 3.8) is 0 Å². The summed E-state index contributed by atoms with van der Waals surface area (Å²) in [6.45, 7) is 5.88. The van der Waals surface area contributed by atoms with E-state index in [1.54, 1.807) is 0 Å². The van der Waals surface area contributed by atoms with Crippen LogP contribution in [0.3, 0.4) is 0 Å². The molecule has 0 bridgehead atoms. The molecule has 1 saturated carbocycles. The maximum Gasteiger partial charge on any atom is 0.216 e. The van der Waals surface area contributed by atoms with E-state index < -0.39 is 6.10 Å². The number of aromatic nitrogens is 1. The van der Waals surface area contributed by atoms with E-state index in [2.05, 4.69) is 40.3 Å². The van der Waals surface area contributed by atoms with Crippen LogP contribution in [0, 0.1) is 0 Å². The Hall–Kier alpha value is -2.34. The Morgan fingerprint density at radius 2 is 1.88 bits per heavy atom. The predicted molar refractivity (Wildman–Crippen MR) is 137 cm³/mol. The van der Waals surface area contributed by atoms with Gasteiger partial charge in [0.2, 0.25) is 5.91 Å². The van der Waals surface area contributed by atoms with Crippen molar-refractivity contribution in [2.24, 2.45) is 0 Å². The lowest BCUT2D eigenvalue weighted by atomic mass is 10.0. The molecule has 1 aliphatic heterocycles. The van der Waals surface area contributed by atoms with E-state index in [4.69, 9.17) is 16.3 Å². The summed E-state index contributed by atoms with van der Waals surface area (Å²) in [5.74, 6) is 0.652. The van der Waals surface area contributed by atoms with Crippen molar-refractivity contribution in [1.82, 2.24) is 9.88 Å². The predicted octanol–water partition coefficient (Wildman–Crippen LogP) is 5.96. The molecule has 6 heteroatoms. The number of fused-ring (bicyclic) bond motifs is 1. The quantitative estimate of drug-likeness (QED) is 0.455. The van der Waals surface area contributed by atoms with E-state index in [9.17, 15) is 9.90 Å². The summed E-state index contributed by atoms with van der Waals surface area (Å²) >= 11 is 6.65. The van der Waals surface area contributed by atoms with Crippen LogP contribution in [-0.2, 0) is 16.0 Å². The lowest BCUT2D eigenvalue weighted by Crippen LogP contribution is -2.40. The Kier molecular flexibility index (Phi) is 7.97. The third-order valence-corrected chi connectivity index (χ3v) is 6.87. The van der Waals surface area contributed by atoms with Crippen LogP contribution in [0.2, 0.25) is 5.02 Å². The fraction of sp³-hybridized carbons (Fsp3) is 0.464. The number of amides is 1. The number of carbonyl (C=O) groups is 1. The summed E-state index contributed by atoms with van der Waals surface area (Å²) in [4.78, 5) is 11.3. The van der Waals surface area contributed by atoms with Crippen LogP contribution in [-0.4, -0.2) is 34.3 Å². The van der Waals surface area contributed by atoms with Crippen LogP contribution in [0.25, 0.3) is 10.9 Å². The van der Waals surface area contributed by atoms with E-state index >= 15 is 0 Å². The smallest absolute Gasteiger partial charge is 0.216 e. The molecule has 34 heavy (non-hydrogen) atoms. The Morgan fingerprint density at radius 1 is 1.15 bits per heavy atom. The van der Waals surface area contributed by atoms with Crippen molar-refractivity contribution in [3.8, 4) is 0 Å². The van der Waals surface area contributed by atoms with E-state index in [1.165, 1.54) is 30.9 Å². The van der Waals surface area contributed by atoms with Gasteiger partial charge in [-0.1, -0.05) is 55.8 Å². The summed E-state index contributed by atoms with van der Waals surface area (Å²) in [5, 5.41) is 15.0. The molecule has 3 unspecified atom stereocenters. The van der Waals surface area contributed by atoms with Gasteiger partial charge in [-0.15, -0.1) is 0 Å². The first-order chi connectivity index (χ1) is 16.5. The van der Waals surface area contributed by atoms with E-state index in [-0.39, 0.29) is 18.2 Å². The van der Waals surface area contributed by atoms with Crippen LogP contribution in [0.4, 0.5) is 0 Å². The SMILES string of the molecule is CC.CC(=O)NCC1CC(O)CC(n2cc(Cc3ccc(C4CC4)cc3)c3c(Cl)cccc32)O1. The summed E-state index contributed by atoms with van der Waals surface area (Å²) in [6, 6.07) is 14.9. The number of nitrogens with zero attached hydrogens (tertiary/aromatic N) is 1. The number of hydrogen-bond acceptors (Lipinski definition) is 3. The van der Waals surface area contributed by atoms with Gasteiger partial charge in [0.15, 0.2) is 0 Å². The average molecular weight is 483 g/mol. The van der Waals surface area contributed by atoms with Crippen LogP contribution in [0.1, 0.15) is 75.3 Å². The van der Waals surface area contributed by atoms with Gasteiger partial charge in [0.1, 0.15) is 6.23 Å². The number of benzene rings is 2. The Morgan fingerprint density at radius 3 is 2.56 bits per heavy atom. The molecule has 2 N–H and O–H groups in total. The van der Waals surface area contributed by atoms with Crippen molar-refractivity contribution in [2.45, 2.75) is 77.2 Å². The first-order valence-corrected chi connectivity index (χ1v) is 12.8. The molecule has 1 aliphatic carbocycles. The molecule has 3 aromatic rings. The first-order valence-electron chi connectivity index (χ1n) is 12.4. The van der Waals surface area contributed by atoms with Crippen LogP contribution >= 0.6 is 11.6 Å². The number of ether oxygens (including phenoxy) is 1. The van der Waals surface area contributed by atoms with Gasteiger partial charge in [0.25, 0.3) is 0 Å². The van der Waals surface area contributed by atoms with Crippen molar-refractivity contribution in [3.05, 3.63) is 70.4 Å². The van der Waals surface area contributed by atoms with Crippen LogP contribution in [0.5, 0.6) is 0 Å². The number of carbonyl (C=O) groups excluding carboxylic acids is 1. The van der Waals surface area contributed by atoms with E-state index in [0.29, 0.717) is 19.4 Å². The zero-order valence-electron chi connectivity index (χ0n) is 20.3. The lowest BCUT2D eigenvalue weighted by Gasteiger charge is -2.34. The van der Waals surface area contributed by atoms with E-state index in [0.717, 1.165) is 33.8 Å². The number of rotatable bonds is 6. The minimum Gasteiger partial charge on any atom is -0.393 e. The molecule has 1 saturated heterocycles. The highest BCUT2D eigenvalue weighted by Gasteiger charge is 2.31. The second-order valence-corrected chi connectivity index (χ2v) is 9.57. The van der Waals surface area contributed by atoms with E-state index in [1.807, 2.05) is 32.0 Å². The molecule has 182 valence electrons. The maximum absolute atomic E-state index is 11.3. The molecule has 1 amide bonds. The molecular weight excluding hydrogens is 448 g/mol. The molecule has 0 radical (unpaired) electrons. The van der Waals surface area contributed by atoms with Gasteiger partial charge in [-0.3, -0.25) is 4.79 Å². The largest absolute Gasteiger partial charge is 0.393 e. The second kappa shape index (κ2) is 10.9. The molecule has 1 aromatic heterocycles. The monoisotopic (exact) mass is 482 g/mol. The third kappa shape index (κ3) is 5.65. The minimum absolute atomic E-state index is 0.0987. The number of halogens is 1. The van der Waals surface area contributed by atoms with Gasteiger partial charge in [0, 0.05) is 37.9 Å². The molecule has 5 nitrogen and oxygen atoms in total. The fourth-order valence-corrected chi connectivity index (χ4v) is 5.09. The molecule has 0 spiro atoms. The Labute approximate surface area is 207 Å². The maximum atomic E-state index is 11.3. The normalized spacial score (nSPS) is 22.2. The first kappa shape index (κ1) is 24.8. The summed E-state index contributed by atoms with van der Waals surface area (Å²) in [7, 11) is 0. The highest BCUT2D eigenvalue weighted by molar-refractivity contribution is 6.35. The molecule has 5 rings (SSSR count). The van der Waals surface area contributed by atoms with Crippen molar-refractivity contribution in [2.75, 3.05) is 6.54 Å². The molecule has 2 heterocycles. The van der Waals surface area contributed by atoms with Crippen LogP contribution < -0.4 is 5.32 Å². The number of nitrogens with one attached hydrogen (secondary N) is 1. The summed E-state index contributed by atoms with van der Waals surface area (Å²) in [6.07, 6.45) is 5.48. The molecule has 2 aliphatic rings. The fourth-order valence-electron chi connectivity index (χ4n) is 4.80. The van der Waals surface area contributed by atoms with Crippen molar-refractivity contribution >= 4 is 28.4 Å². The van der Waals surface area contributed by atoms with Gasteiger partial charge in [-0.05, 0) is 54.0 Å².